The lowest BCUT2D eigenvalue weighted by Gasteiger charge is -2.32. The molecule has 5 nitrogen and oxygen atoms in total. The first kappa shape index (κ1) is 23.7. The molecular weight excluding hydrogens is 392 g/mol. The number of rotatable bonds is 12. The molecule has 2 atom stereocenters. The fourth-order valence-corrected chi connectivity index (χ4v) is 2.87. The zero-order valence-corrected chi connectivity index (χ0v) is 17.2. The molecule has 0 aliphatic carbocycles. The first-order chi connectivity index (χ1) is 14.4. The Bertz CT molecular complexity index is 786. The molecule has 1 amide bonds. The van der Waals surface area contributed by atoms with Crippen molar-refractivity contribution < 1.29 is 27.9 Å². The fraction of sp³-hybridized carbons (Fsp3) is 0.348. The number of carbonyl (C=O) groups is 1. The minimum absolute atomic E-state index is 0.0922. The van der Waals surface area contributed by atoms with Gasteiger partial charge in [0, 0.05) is 7.05 Å². The quantitative estimate of drug-likeness (QED) is 0.381. The third-order valence-corrected chi connectivity index (χ3v) is 4.62. The van der Waals surface area contributed by atoms with Gasteiger partial charge in [0.25, 0.3) is 0 Å². The second-order valence-corrected chi connectivity index (χ2v) is 6.71. The Morgan fingerprint density at radius 2 is 1.60 bits per heavy atom. The average Bonchev–Trinajstić information content (AvgIpc) is 2.77. The van der Waals surface area contributed by atoms with Crippen LogP contribution in [0.4, 0.5) is 8.78 Å². The van der Waals surface area contributed by atoms with Crippen LogP contribution in [0.2, 0.25) is 0 Å². The number of ether oxygens (including phenoxy) is 2. The molecule has 0 N–H and O–H groups in total. The van der Waals surface area contributed by atoms with Crippen LogP contribution in [0.3, 0.4) is 0 Å². The van der Waals surface area contributed by atoms with E-state index in [2.05, 4.69) is 11.4 Å². The smallest absolute Gasteiger partial charge is 0.335 e. The van der Waals surface area contributed by atoms with E-state index in [4.69, 9.17) is 9.47 Å². The molecule has 2 aromatic carbocycles. The topological polar surface area (TPSA) is 48.0 Å². The van der Waals surface area contributed by atoms with Crippen LogP contribution in [0.25, 0.3) is 0 Å². The van der Waals surface area contributed by atoms with E-state index in [0.717, 1.165) is 31.4 Å². The zero-order chi connectivity index (χ0) is 22.0. The van der Waals surface area contributed by atoms with Gasteiger partial charge >= 0.3 is 11.8 Å². The number of hydroxylamine groups is 2. The van der Waals surface area contributed by atoms with Gasteiger partial charge in [-0.05, 0) is 11.1 Å². The average molecular weight is 419 g/mol. The first-order valence-corrected chi connectivity index (χ1v) is 9.50. The highest BCUT2D eigenvalue weighted by Crippen LogP contribution is 2.32. The van der Waals surface area contributed by atoms with Crippen LogP contribution >= 0.6 is 0 Å². The monoisotopic (exact) mass is 419 g/mol. The number of benzene rings is 2. The summed E-state index contributed by atoms with van der Waals surface area (Å²) in [5, 5.41) is 0.496. The van der Waals surface area contributed by atoms with Crippen LogP contribution in [-0.4, -0.2) is 43.8 Å². The molecule has 0 aromatic heterocycles. The first-order valence-electron chi connectivity index (χ1n) is 9.50. The van der Waals surface area contributed by atoms with Crippen molar-refractivity contribution in [2.45, 2.75) is 25.2 Å². The van der Waals surface area contributed by atoms with E-state index in [1.807, 2.05) is 60.7 Å². The maximum Gasteiger partial charge on any atom is 0.335 e. The molecule has 30 heavy (non-hydrogen) atoms. The van der Waals surface area contributed by atoms with E-state index in [1.54, 1.807) is 0 Å². The minimum atomic E-state index is -3.79. The summed E-state index contributed by atoms with van der Waals surface area (Å²) in [7, 11) is 2.27. The van der Waals surface area contributed by atoms with Crippen molar-refractivity contribution in [3.05, 3.63) is 84.4 Å². The molecule has 0 heterocycles. The molecule has 0 unspecified atom stereocenters. The van der Waals surface area contributed by atoms with Crippen molar-refractivity contribution in [1.29, 1.82) is 0 Å². The van der Waals surface area contributed by atoms with Crippen LogP contribution in [0, 0.1) is 5.92 Å². The maximum absolute atomic E-state index is 15.0. The van der Waals surface area contributed by atoms with Crippen molar-refractivity contribution in [1.82, 2.24) is 5.06 Å². The molecule has 0 aliphatic rings. The van der Waals surface area contributed by atoms with Gasteiger partial charge in [-0.25, -0.2) is 5.06 Å². The van der Waals surface area contributed by atoms with Crippen LogP contribution < -0.4 is 0 Å². The Kier molecular flexibility index (Phi) is 9.11. The molecule has 162 valence electrons. The van der Waals surface area contributed by atoms with Crippen LogP contribution in [0.1, 0.15) is 11.1 Å². The number of carbonyl (C=O) groups excluding carboxylic acids is 1. The van der Waals surface area contributed by atoms with E-state index in [1.165, 1.54) is 0 Å². The van der Waals surface area contributed by atoms with Crippen molar-refractivity contribution >= 4 is 5.91 Å². The Hall–Kier alpha value is -2.61. The third kappa shape index (κ3) is 6.45. The molecule has 0 aliphatic heterocycles. The summed E-state index contributed by atoms with van der Waals surface area (Å²) in [4.78, 5) is 16.8. The molecule has 0 fully saturated rings. The number of hydrogen-bond donors (Lipinski definition) is 0. The lowest BCUT2D eigenvalue weighted by atomic mass is 9.94. The molecular formula is C23H27F2NO4. The Morgan fingerprint density at radius 1 is 1.07 bits per heavy atom. The Labute approximate surface area is 175 Å². The highest BCUT2D eigenvalue weighted by Gasteiger charge is 2.51. The van der Waals surface area contributed by atoms with Gasteiger partial charge in [0.15, 0.2) is 0 Å². The molecule has 0 spiro atoms. The van der Waals surface area contributed by atoms with Gasteiger partial charge in [-0.2, -0.15) is 8.78 Å². The van der Waals surface area contributed by atoms with Crippen molar-refractivity contribution in [2.75, 3.05) is 20.8 Å². The summed E-state index contributed by atoms with van der Waals surface area (Å²) in [6.45, 7) is 3.69. The van der Waals surface area contributed by atoms with Gasteiger partial charge in [-0.1, -0.05) is 66.7 Å². The zero-order valence-electron chi connectivity index (χ0n) is 17.2. The van der Waals surface area contributed by atoms with Gasteiger partial charge < -0.3 is 9.47 Å². The molecule has 0 bridgehead atoms. The predicted molar refractivity (Wildman–Crippen MR) is 110 cm³/mol. The van der Waals surface area contributed by atoms with E-state index in [0.29, 0.717) is 5.06 Å². The molecule has 7 heteroatoms. The number of nitrogens with zero attached hydrogens (tertiary/aromatic N) is 1. The Morgan fingerprint density at radius 3 is 2.10 bits per heavy atom. The van der Waals surface area contributed by atoms with Gasteiger partial charge in [-0.3, -0.25) is 9.63 Å². The lowest BCUT2D eigenvalue weighted by Crippen LogP contribution is -2.50. The van der Waals surface area contributed by atoms with Crippen LogP contribution in [-0.2, 0) is 32.3 Å². The molecule has 0 radical (unpaired) electrons. The highest BCUT2D eigenvalue weighted by atomic mass is 19.3. The van der Waals surface area contributed by atoms with Gasteiger partial charge in [0.2, 0.25) is 0 Å². The van der Waals surface area contributed by atoms with E-state index >= 15 is 0 Å². The number of amides is 1. The normalized spacial score (nSPS) is 13.5. The standard InChI is InChI=1S/C23H27F2NO4/c1-4-20(23(24,25)22(27)26(2)28-3)21(30-16-19-13-9-6-10-14-19)17-29-15-18-11-7-5-8-12-18/h4-14,20-21H,1,15-17H2,2-3H3/t20-,21-/m0/s1. The predicted octanol–water partition coefficient (Wildman–Crippen LogP) is 4.25. The summed E-state index contributed by atoms with van der Waals surface area (Å²) in [5.41, 5.74) is 1.72. The second-order valence-electron chi connectivity index (χ2n) is 6.71. The van der Waals surface area contributed by atoms with Crippen LogP contribution in [0.5, 0.6) is 0 Å². The van der Waals surface area contributed by atoms with Crippen molar-refractivity contribution in [2.24, 2.45) is 5.92 Å². The Balaban J connectivity index is 2.15. The van der Waals surface area contributed by atoms with E-state index in [9.17, 15) is 13.6 Å². The SMILES string of the molecule is C=C[C@@H]([C@H](COCc1ccccc1)OCc1ccccc1)C(F)(F)C(=O)N(C)OC. The van der Waals surface area contributed by atoms with Crippen LogP contribution in [0.15, 0.2) is 73.3 Å². The number of alkyl halides is 2. The summed E-state index contributed by atoms with van der Waals surface area (Å²) >= 11 is 0. The highest BCUT2D eigenvalue weighted by molar-refractivity contribution is 5.83. The molecule has 2 rings (SSSR count). The maximum atomic E-state index is 15.0. The number of halogens is 2. The fourth-order valence-electron chi connectivity index (χ4n) is 2.87. The molecule has 0 saturated carbocycles. The summed E-state index contributed by atoms with van der Waals surface area (Å²) in [6, 6.07) is 18.5. The largest absolute Gasteiger partial charge is 0.374 e. The minimum Gasteiger partial charge on any atom is -0.374 e. The summed E-state index contributed by atoms with van der Waals surface area (Å²) in [6.07, 6.45) is -0.0706. The molecule has 2 aromatic rings. The van der Waals surface area contributed by atoms with Crippen molar-refractivity contribution in [3.63, 3.8) is 0 Å². The van der Waals surface area contributed by atoms with E-state index in [-0.39, 0.29) is 19.8 Å². The number of hydrogen-bond acceptors (Lipinski definition) is 4. The second kappa shape index (κ2) is 11.5. The summed E-state index contributed by atoms with van der Waals surface area (Å²) in [5.74, 6) is -6.88. The van der Waals surface area contributed by atoms with Gasteiger partial charge in [0.1, 0.15) is 0 Å². The summed E-state index contributed by atoms with van der Waals surface area (Å²) < 4.78 is 41.4. The molecule has 0 saturated heterocycles. The van der Waals surface area contributed by atoms with Crippen molar-refractivity contribution in [3.8, 4) is 0 Å². The van der Waals surface area contributed by atoms with Gasteiger partial charge in [0.05, 0.1) is 39.0 Å². The third-order valence-electron chi connectivity index (χ3n) is 4.62. The van der Waals surface area contributed by atoms with Gasteiger partial charge in [-0.15, -0.1) is 6.58 Å². The van der Waals surface area contributed by atoms with E-state index < -0.39 is 23.9 Å². The lowest BCUT2D eigenvalue weighted by molar-refractivity contribution is -0.207.